The predicted molar refractivity (Wildman–Crippen MR) is 71.5 cm³/mol. The average molecular weight is 288 g/mol. The van der Waals surface area contributed by atoms with Crippen LogP contribution in [0.3, 0.4) is 0 Å². The zero-order valence-electron chi connectivity index (χ0n) is 9.67. The van der Waals surface area contributed by atoms with E-state index in [0.717, 1.165) is 26.1 Å². The van der Waals surface area contributed by atoms with Gasteiger partial charge >= 0.3 is 0 Å². The third kappa shape index (κ3) is 3.07. The molecule has 0 aliphatic carbocycles. The van der Waals surface area contributed by atoms with E-state index < -0.39 is 0 Å². The second-order valence-electron chi connectivity index (χ2n) is 3.89. The molecule has 0 atom stereocenters. The number of hydrogen-bond donors (Lipinski definition) is 2. The Kier molecular flexibility index (Phi) is 4.68. The minimum atomic E-state index is -0.00349. The number of oxime groups is 1. The number of nitrogens with zero attached hydrogens (tertiary/aromatic N) is 2. The number of ether oxygens (including phenoxy) is 1. The summed E-state index contributed by atoms with van der Waals surface area (Å²) >= 11 is 7.83. The van der Waals surface area contributed by atoms with Crippen molar-refractivity contribution in [3.63, 3.8) is 0 Å². The smallest absolute Gasteiger partial charge is 0.171 e. The summed E-state index contributed by atoms with van der Waals surface area (Å²) in [6.07, 6.45) is 3.58. The molecule has 0 spiro atoms. The highest BCUT2D eigenvalue weighted by Gasteiger charge is 2.19. The van der Waals surface area contributed by atoms with Gasteiger partial charge < -0.3 is 15.7 Å². The summed E-state index contributed by atoms with van der Waals surface area (Å²) in [5.41, 5.74) is 6.06. The van der Waals surface area contributed by atoms with Crippen molar-refractivity contribution in [1.82, 2.24) is 4.98 Å². The summed E-state index contributed by atoms with van der Waals surface area (Å²) in [5, 5.41) is 13.2. The van der Waals surface area contributed by atoms with Crippen molar-refractivity contribution in [3.05, 3.63) is 22.8 Å². The van der Waals surface area contributed by atoms with E-state index in [2.05, 4.69) is 10.1 Å². The van der Waals surface area contributed by atoms with Gasteiger partial charge in [-0.3, -0.25) is 0 Å². The van der Waals surface area contributed by atoms with Gasteiger partial charge in [-0.05, 0) is 18.9 Å². The molecule has 2 heterocycles. The third-order valence-corrected chi connectivity index (χ3v) is 4.52. The highest BCUT2D eigenvalue weighted by molar-refractivity contribution is 8.00. The van der Waals surface area contributed by atoms with Crippen LogP contribution in [0.1, 0.15) is 18.4 Å². The lowest BCUT2D eigenvalue weighted by atomic mass is 10.2. The van der Waals surface area contributed by atoms with Gasteiger partial charge in [0.25, 0.3) is 0 Å². The topological polar surface area (TPSA) is 80.7 Å². The van der Waals surface area contributed by atoms with Crippen LogP contribution in [0.15, 0.2) is 22.4 Å². The summed E-state index contributed by atoms with van der Waals surface area (Å²) in [5.74, 6) is -0.00349. The van der Waals surface area contributed by atoms with Gasteiger partial charge in [0.15, 0.2) is 5.84 Å². The maximum atomic E-state index is 8.69. The number of nitrogens with two attached hydrogens (primary N) is 1. The molecule has 0 bridgehead atoms. The molecule has 1 aromatic heterocycles. The van der Waals surface area contributed by atoms with Gasteiger partial charge in [-0.15, -0.1) is 11.8 Å². The van der Waals surface area contributed by atoms with E-state index in [4.69, 9.17) is 27.3 Å². The summed E-state index contributed by atoms with van der Waals surface area (Å²) in [6.45, 7) is 1.55. The molecule has 0 amide bonds. The summed E-state index contributed by atoms with van der Waals surface area (Å²) < 4.78 is 5.31. The molecular formula is C11H14ClN3O2S. The van der Waals surface area contributed by atoms with Gasteiger partial charge in [-0.25, -0.2) is 4.98 Å². The van der Waals surface area contributed by atoms with Crippen molar-refractivity contribution >= 4 is 29.2 Å². The van der Waals surface area contributed by atoms with Gasteiger partial charge in [0.2, 0.25) is 0 Å². The highest BCUT2D eigenvalue weighted by atomic mass is 35.5. The van der Waals surface area contributed by atoms with Crippen LogP contribution in [0.5, 0.6) is 0 Å². The summed E-state index contributed by atoms with van der Waals surface area (Å²) in [7, 11) is 0. The Bertz CT molecular complexity index is 450. The Morgan fingerprint density at radius 3 is 2.94 bits per heavy atom. The van der Waals surface area contributed by atoms with Gasteiger partial charge in [-0.1, -0.05) is 16.8 Å². The molecule has 1 fully saturated rings. The van der Waals surface area contributed by atoms with E-state index in [1.54, 1.807) is 24.0 Å². The van der Waals surface area contributed by atoms with E-state index in [1.165, 1.54) is 0 Å². The molecule has 1 saturated heterocycles. The van der Waals surface area contributed by atoms with Crippen LogP contribution in [0, 0.1) is 0 Å². The molecule has 1 aromatic rings. The molecular weight excluding hydrogens is 274 g/mol. The molecule has 5 nitrogen and oxygen atoms in total. The normalized spacial score (nSPS) is 17.9. The Hall–Kier alpha value is -0.980. The Balaban J connectivity index is 2.17. The molecule has 2 rings (SSSR count). The molecule has 0 radical (unpaired) electrons. The standard InChI is InChI=1S/C11H14ClN3O2S/c12-9-8(10(13)15-16)1-4-14-11(9)18-7-2-5-17-6-3-7/h1,4,7,16H,2-3,5-6H2,(H2,13,15). The number of rotatable bonds is 3. The first-order chi connectivity index (χ1) is 8.72. The lowest BCUT2D eigenvalue weighted by molar-refractivity contribution is 0.1000. The predicted octanol–water partition coefficient (Wildman–Crippen LogP) is 2.10. The van der Waals surface area contributed by atoms with Crippen molar-refractivity contribution in [2.24, 2.45) is 10.9 Å². The molecule has 0 unspecified atom stereocenters. The zero-order chi connectivity index (χ0) is 13.0. The number of thioether (sulfide) groups is 1. The second kappa shape index (κ2) is 6.26. The quantitative estimate of drug-likeness (QED) is 0.385. The first kappa shape index (κ1) is 13.5. The molecule has 1 aliphatic rings. The third-order valence-electron chi connectivity index (χ3n) is 2.69. The Morgan fingerprint density at radius 1 is 1.56 bits per heavy atom. The minimum absolute atomic E-state index is 0.00349. The molecule has 0 aromatic carbocycles. The molecule has 7 heteroatoms. The van der Waals surface area contributed by atoms with Gasteiger partial charge in [0, 0.05) is 30.2 Å². The Morgan fingerprint density at radius 2 is 2.28 bits per heavy atom. The average Bonchev–Trinajstić information content (AvgIpc) is 2.41. The fraction of sp³-hybridized carbons (Fsp3) is 0.455. The van der Waals surface area contributed by atoms with E-state index in [0.29, 0.717) is 20.9 Å². The lowest BCUT2D eigenvalue weighted by Gasteiger charge is -2.21. The van der Waals surface area contributed by atoms with Crippen LogP contribution in [-0.4, -0.2) is 34.5 Å². The first-order valence-corrected chi connectivity index (χ1v) is 6.85. The number of aromatic nitrogens is 1. The summed E-state index contributed by atoms with van der Waals surface area (Å²) in [6, 6.07) is 1.63. The monoisotopic (exact) mass is 287 g/mol. The minimum Gasteiger partial charge on any atom is -0.409 e. The first-order valence-electron chi connectivity index (χ1n) is 5.59. The summed E-state index contributed by atoms with van der Waals surface area (Å²) in [4.78, 5) is 4.25. The van der Waals surface area contributed by atoms with Crippen LogP contribution in [0.2, 0.25) is 5.02 Å². The zero-order valence-corrected chi connectivity index (χ0v) is 11.2. The van der Waals surface area contributed by atoms with Crippen LogP contribution in [0.25, 0.3) is 0 Å². The maximum absolute atomic E-state index is 8.69. The second-order valence-corrected chi connectivity index (χ2v) is 5.56. The van der Waals surface area contributed by atoms with Gasteiger partial charge in [-0.2, -0.15) is 0 Å². The van der Waals surface area contributed by atoms with Crippen molar-refractivity contribution in [2.75, 3.05) is 13.2 Å². The molecule has 18 heavy (non-hydrogen) atoms. The van der Waals surface area contributed by atoms with E-state index in [1.807, 2.05) is 0 Å². The SMILES string of the molecule is N/C(=N/O)c1ccnc(SC2CCOCC2)c1Cl. The number of halogens is 1. The van der Waals surface area contributed by atoms with Crippen LogP contribution < -0.4 is 5.73 Å². The lowest BCUT2D eigenvalue weighted by Crippen LogP contribution is -2.18. The number of hydrogen-bond acceptors (Lipinski definition) is 5. The molecule has 98 valence electrons. The van der Waals surface area contributed by atoms with E-state index in [-0.39, 0.29) is 5.84 Å². The van der Waals surface area contributed by atoms with Crippen molar-refractivity contribution in [3.8, 4) is 0 Å². The van der Waals surface area contributed by atoms with Crippen molar-refractivity contribution in [2.45, 2.75) is 23.1 Å². The van der Waals surface area contributed by atoms with Crippen molar-refractivity contribution < 1.29 is 9.94 Å². The largest absolute Gasteiger partial charge is 0.409 e. The highest BCUT2D eigenvalue weighted by Crippen LogP contribution is 2.34. The fourth-order valence-corrected chi connectivity index (χ4v) is 3.13. The van der Waals surface area contributed by atoms with Gasteiger partial charge in [0.05, 0.1) is 5.02 Å². The van der Waals surface area contributed by atoms with Crippen LogP contribution in [0.4, 0.5) is 0 Å². The van der Waals surface area contributed by atoms with E-state index in [9.17, 15) is 0 Å². The Labute approximate surface area is 114 Å². The molecule has 3 N–H and O–H groups in total. The van der Waals surface area contributed by atoms with Gasteiger partial charge in [0.1, 0.15) is 5.03 Å². The van der Waals surface area contributed by atoms with Crippen molar-refractivity contribution in [1.29, 1.82) is 0 Å². The number of pyridine rings is 1. The molecule has 0 saturated carbocycles. The van der Waals surface area contributed by atoms with E-state index >= 15 is 0 Å². The van der Waals surface area contributed by atoms with Crippen LogP contribution in [-0.2, 0) is 4.74 Å². The fourth-order valence-electron chi connectivity index (χ4n) is 1.71. The molecule has 1 aliphatic heterocycles. The number of amidine groups is 1. The van der Waals surface area contributed by atoms with Crippen LogP contribution >= 0.6 is 23.4 Å². The maximum Gasteiger partial charge on any atom is 0.171 e.